The first-order valence-electron chi connectivity index (χ1n) is 11.5. The van der Waals surface area contributed by atoms with Crippen LogP contribution in [0, 0.1) is 0 Å². The Morgan fingerprint density at radius 1 is 1.21 bits per heavy atom. The number of allylic oxidation sites excluding steroid dienone is 4. The van der Waals surface area contributed by atoms with Gasteiger partial charge in [0.15, 0.2) is 0 Å². The van der Waals surface area contributed by atoms with Gasteiger partial charge in [0.2, 0.25) is 5.91 Å². The first-order valence-corrected chi connectivity index (χ1v) is 11.5. The molecule has 1 saturated heterocycles. The van der Waals surface area contributed by atoms with E-state index in [2.05, 4.69) is 12.6 Å². The number of hydrogen-bond donors (Lipinski definition) is 1. The lowest BCUT2D eigenvalue weighted by molar-refractivity contribution is -0.132. The van der Waals surface area contributed by atoms with Crippen LogP contribution >= 0.6 is 0 Å². The Labute approximate surface area is 196 Å². The molecule has 1 spiro atoms. The van der Waals surface area contributed by atoms with Gasteiger partial charge in [0.05, 0.1) is 13.0 Å². The Hall–Kier alpha value is -3.31. The largest absolute Gasteiger partial charge is 0.492 e. The summed E-state index contributed by atoms with van der Waals surface area (Å²) in [7, 11) is 0. The van der Waals surface area contributed by atoms with Crippen molar-refractivity contribution in [1.82, 2.24) is 4.90 Å². The number of amides is 1. The van der Waals surface area contributed by atoms with Crippen molar-refractivity contribution in [3.05, 3.63) is 95.8 Å². The quantitative estimate of drug-likeness (QED) is 0.498. The number of nitrogens with zero attached hydrogens (tertiary/aromatic N) is 1. The highest BCUT2D eigenvalue weighted by atomic mass is 16.5. The molecule has 0 bridgehead atoms. The summed E-state index contributed by atoms with van der Waals surface area (Å²) >= 11 is 0. The number of likely N-dealkylation sites (tertiary alicyclic amines) is 1. The van der Waals surface area contributed by atoms with Crippen molar-refractivity contribution in [2.75, 3.05) is 19.7 Å². The maximum absolute atomic E-state index is 13.1. The van der Waals surface area contributed by atoms with E-state index in [-0.39, 0.29) is 11.3 Å². The summed E-state index contributed by atoms with van der Waals surface area (Å²) in [4.78, 5) is 15.0. The van der Waals surface area contributed by atoms with E-state index in [4.69, 9.17) is 15.2 Å². The highest BCUT2D eigenvalue weighted by Gasteiger charge is 2.43. The lowest BCUT2D eigenvalue weighted by atomic mass is 9.74. The van der Waals surface area contributed by atoms with E-state index < -0.39 is 0 Å². The van der Waals surface area contributed by atoms with Crippen LogP contribution in [0.15, 0.2) is 79.1 Å². The number of hydrogen-bond acceptors (Lipinski definition) is 4. The van der Waals surface area contributed by atoms with E-state index in [1.807, 2.05) is 66.4 Å². The highest BCUT2D eigenvalue weighted by molar-refractivity contribution is 5.79. The number of piperidine rings is 1. The second kappa shape index (κ2) is 10.1. The van der Waals surface area contributed by atoms with Crippen LogP contribution in [-0.4, -0.2) is 30.5 Å². The van der Waals surface area contributed by atoms with Crippen LogP contribution in [0.4, 0.5) is 0 Å². The molecule has 33 heavy (non-hydrogen) atoms. The predicted octanol–water partition coefficient (Wildman–Crippen LogP) is 4.67. The summed E-state index contributed by atoms with van der Waals surface area (Å²) in [6.45, 7) is 8.34. The summed E-state index contributed by atoms with van der Waals surface area (Å²) in [6.07, 6.45) is 9.46. The van der Waals surface area contributed by atoms with Crippen LogP contribution in [-0.2, 0) is 23.2 Å². The van der Waals surface area contributed by atoms with Gasteiger partial charge in [-0.05, 0) is 61.2 Å². The molecule has 0 unspecified atom stereocenters. The third kappa shape index (κ3) is 5.04. The van der Waals surface area contributed by atoms with E-state index in [1.165, 1.54) is 5.56 Å². The second-order valence-electron chi connectivity index (χ2n) is 8.72. The minimum absolute atomic E-state index is 0.00820. The molecule has 5 heteroatoms. The highest BCUT2D eigenvalue weighted by Crippen LogP contribution is 2.45. The molecule has 0 aliphatic carbocycles. The minimum atomic E-state index is -0.00820. The van der Waals surface area contributed by atoms with Crippen molar-refractivity contribution in [2.45, 2.75) is 38.1 Å². The SMILES string of the molecule is C=C/C=C(\C=C/C)Oc1cccc(CC(=O)N2CCC3(CC2)COc2ccc(CN)cc23)c1. The van der Waals surface area contributed by atoms with E-state index in [0.29, 0.717) is 31.1 Å². The van der Waals surface area contributed by atoms with Gasteiger partial charge in [-0.1, -0.05) is 43.0 Å². The number of ether oxygens (including phenoxy) is 2. The molecule has 2 aromatic carbocycles. The molecule has 2 heterocycles. The average Bonchev–Trinajstić information content (AvgIpc) is 3.17. The number of carbonyl (C=O) groups excluding carboxylic acids is 1. The zero-order valence-electron chi connectivity index (χ0n) is 19.3. The maximum Gasteiger partial charge on any atom is 0.226 e. The maximum atomic E-state index is 13.1. The molecule has 2 aliphatic rings. The zero-order chi connectivity index (χ0) is 23.3. The van der Waals surface area contributed by atoms with Gasteiger partial charge in [0.1, 0.15) is 17.3 Å². The average molecular weight is 445 g/mol. The van der Waals surface area contributed by atoms with Gasteiger partial charge in [-0.3, -0.25) is 4.79 Å². The number of nitrogens with two attached hydrogens (primary N) is 1. The molecule has 5 nitrogen and oxygen atoms in total. The second-order valence-corrected chi connectivity index (χ2v) is 8.72. The topological polar surface area (TPSA) is 64.8 Å². The molecule has 2 aliphatic heterocycles. The fourth-order valence-corrected chi connectivity index (χ4v) is 4.68. The fraction of sp³-hybridized carbons (Fsp3) is 0.321. The molecule has 0 atom stereocenters. The van der Waals surface area contributed by atoms with Crippen molar-refractivity contribution in [3.8, 4) is 11.5 Å². The first kappa shape index (κ1) is 22.9. The zero-order valence-corrected chi connectivity index (χ0v) is 19.3. The van der Waals surface area contributed by atoms with Gasteiger partial charge in [-0.15, -0.1) is 0 Å². The molecular weight excluding hydrogens is 412 g/mol. The van der Waals surface area contributed by atoms with E-state index in [9.17, 15) is 4.79 Å². The summed E-state index contributed by atoms with van der Waals surface area (Å²) in [5.74, 6) is 2.52. The fourth-order valence-electron chi connectivity index (χ4n) is 4.68. The lowest BCUT2D eigenvalue weighted by Gasteiger charge is -2.38. The smallest absolute Gasteiger partial charge is 0.226 e. The summed E-state index contributed by atoms with van der Waals surface area (Å²) < 4.78 is 11.9. The summed E-state index contributed by atoms with van der Waals surface area (Å²) in [5, 5.41) is 0. The lowest BCUT2D eigenvalue weighted by Crippen LogP contribution is -2.46. The van der Waals surface area contributed by atoms with Crippen molar-refractivity contribution in [3.63, 3.8) is 0 Å². The van der Waals surface area contributed by atoms with E-state index in [0.717, 1.165) is 42.8 Å². The Balaban J connectivity index is 1.39. The molecule has 172 valence electrons. The van der Waals surface area contributed by atoms with Gasteiger partial charge in [0.25, 0.3) is 0 Å². The molecule has 0 radical (unpaired) electrons. The molecular formula is C28H32N2O3. The number of benzene rings is 2. The molecule has 0 aromatic heterocycles. The standard InChI is InChI=1S/C28H32N2O3/c1-3-6-23(7-4-2)33-24-9-5-8-21(16-24)18-27(31)30-14-12-28(13-15-30)20-32-26-11-10-22(19-29)17-25(26)28/h3-11,16-17H,1,12-15,18-20,29H2,2H3/b7-4-,23-6+. The van der Waals surface area contributed by atoms with Crippen LogP contribution in [0.3, 0.4) is 0 Å². The summed E-state index contributed by atoms with van der Waals surface area (Å²) in [5.41, 5.74) is 9.17. The molecule has 2 aromatic rings. The van der Waals surface area contributed by atoms with E-state index >= 15 is 0 Å². The Morgan fingerprint density at radius 3 is 2.76 bits per heavy atom. The van der Waals surface area contributed by atoms with Crippen LogP contribution in [0.1, 0.15) is 36.5 Å². The Morgan fingerprint density at radius 2 is 2.03 bits per heavy atom. The first-order chi connectivity index (χ1) is 16.1. The van der Waals surface area contributed by atoms with Gasteiger partial charge in [-0.2, -0.15) is 0 Å². The molecule has 2 N–H and O–H groups in total. The van der Waals surface area contributed by atoms with Gasteiger partial charge >= 0.3 is 0 Å². The monoisotopic (exact) mass is 444 g/mol. The number of rotatable bonds is 7. The molecule has 0 saturated carbocycles. The number of fused-ring (bicyclic) bond motifs is 2. The summed E-state index contributed by atoms with van der Waals surface area (Å²) in [6, 6.07) is 14.0. The van der Waals surface area contributed by atoms with Crippen LogP contribution in [0.25, 0.3) is 0 Å². The Bertz CT molecular complexity index is 1080. The number of carbonyl (C=O) groups is 1. The van der Waals surface area contributed by atoms with Crippen molar-refractivity contribution < 1.29 is 14.3 Å². The van der Waals surface area contributed by atoms with Gasteiger partial charge in [-0.25, -0.2) is 0 Å². The normalized spacial score (nSPS) is 17.2. The van der Waals surface area contributed by atoms with Crippen LogP contribution in [0.5, 0.6) is 11.5 Å². The van der Waals surface area contributed by atoms with E-state index in [1.54, 1.807) is 6.08 Å². The predicted molar refractivity (Wildman–Crippen MR) is 131 cm³/mol. The minimum Gasteiger partial charge on any atom is -0.492 e. The van der Waals surface area contributed by atoms with Crippen LogP contribution < -0.4 is 15.2 Å². The van der Waals surface area contributed by atoms with Gasteiger partial charge < -0.3 is 20.1 Å². The Kier molecular flexibility index (Phi) is 6.99. The van der Waals surface area contributed by atoms with Crippen LogP contribution in [0.2, 0.25) is 0 Å². The molecule has 1 fully saturated rings. The van der Waals surface area contributed by atoms with Crippen molar-refractivity contribution in [1.29, 1.82) is 0 Å². The molecule has 1 amide bonds. The molecule has 4 rings (SSSR count). The third-order valence-electron chi connectivity index (χ3n) is 6.53. The van der Waals surface area contributed by atoms with Gasteiger partial charge in [0, 0.05) is 30.6 Å². The van der Waals surface area contributed by atoms with Crippen molar-refractivity contribution >= 4 is 5.91 Å². The third-order valence-corrected chi connectivity index (χ3v) is 6.53. The van der Waals surface area contributed by atoms with Crippen molar-refractivity contribution in [2.24, 2.45) is 5.73 Å².